The van der Waals surface area contributed by atoms with Crippen LogP contribution in [-0.2, 0) is 9.59 Å². The summed E-state index contributed by atoms with van der Waals surface area (Å²) in [4.78, 5) is 39.9. The number of urea groups is 1. The van der Waals surface area contributed by atoms with Crippen LogP contribution >= 0.6 is 0 Å². The molecule has 22 heavy (non-hydrogen) atoms. The number of hydrogen-bond donors (Lipinski definition) is 2. The number of carbonyl (C=O) groups excluding carboxylic acids is 3. The second-order valence-electron chi connectivity index (χ2n) is 6.41. The van der Waals surface area contributed by atoms with E-state index in [1.807, 2.05) is 0 Å². The van der Waals surface area contributed by atoms with E-state index in [9.17, 15) is 19.5 Å². The Kier molecular flexibility index (Phi) is 4.05. The van der Waals surface area contributed by atoms with Crippen LogP contribution in [0.3, 0.4) is 0 Å². The van der Waals surface area contributed by atoms with Crippen LogP contribution in [0.2, 0.25) is 0 Å². The van der Waals surface area contributed by atoms with E-state index >= 15 is 0 Å². The van der Waals surface area contributed by atoms with Crippen molar-refractivity contribution in [1.82, 2.24) is 20.0 Å². The van der Waals surface area contributed by atoms with Crippen LogP contribution in [0.4, 0.5) is 4.79 Å². The molecular weight excluding hydrogens is 288 g/mol. The van der Waals surface area contributed by atoms with Crippen molar-refractivity contribution in [3.05, 3.63) is 0 Å². The third kappa shape index (κ3) is 3.07. The molecule has 122 valence electrons. The Balaban J connectivity index is 1.54. The van der Waals surface area contributed by atoms with Gasteiger partial charge in [-0.05, 0) is 32.4 Å². The molecule has 8 heteroatoms. The van der Waals surface area contributed by atoms with Gasteiger partial charge in [0.25, 0.3) is 5.91 Å². The van der Waals surface area contributed by atoms with Gasteiger partial charge in [0.2, 0.25) is 5.91 Å². The molecule has 0 aromatic carbocycles. The van der Waals surface area contributed by atoms with Crippen molar-refractivity contribution in [3.8, 4) is 0 Å². The molecule has 0 unspecified atom stereocenters. The predicted octanol–water partition coefficient (Wildman–Crippen LogP) is -1.40. The van der Waals surface area contributed by atoms with E-state index in [-0.39, 0.29) is 31.4 Å². The van der Waals surface area contributed by atoms with Gasteiger partial charge in [-0.15, -0.1) is 0 Å². The van der Waals surface area contributed by atoms with Crippen molar-refractivity contribution in [2.24, 2.45) is 0 Å². The molecule has 0 spiro atoms. The molecule has 8 nitrogen and oxygen atoms in total. The van der Waals surface area contributed by atoms with E-state index in [1.54, 1.807) is 4.90 Å². The second-order valence-corrected chi connectivity index (χ2v) is 6.41. The van der Waals surface area contributed by atoms with Gasteiger partial charge in [-0.2, -0.15) is 0 Å². The summed E-state index contributed by atoms with van der Waals surface area (Å²) in [5.41, 5.74) is -0.878. The summed E-state index contributed by atoms with van der Waals surface area (Å²) in [6, 6.07) is -0.523. The predicted molar refractivity (Wildman–Crippen MR) is 76.9 cm³/mol. The lowest BCUT2D eigenvalue weighted by atomic mass is 10.0. The van der Waals surface area contributed by atoms with Gasteiger partial charge in [0.1, 0.15) is 6.54 Å². The molecule has 3 rings (SSSR count). The summed E-state index contributed by atoms with van der Waals surface area (Å²) in [6.45, 7) is 3.02. The highest BCUT2D eigenvalue weighted by Crippen LogP contribution is 2.24. The van der Waals surface area contributed by atoms with Crippen molar-refractivity contribution < 1.29 is 19.5 Å². The SMILES string of the molecule is O=C(CN1C(=O)CNC1=O)N1CC[C@](O)(CN2CCCC2)C1. The van der Waals surface area contributed by atoms with Crippen molar-refractivity contribution in [2.75, 3.05) is 45.8 Å². The minimum Gasteiger partial charge on any atom is -0.387 e. The van der Waals surface area contributed by atoms with Gasteiger partial charge >= 0.3 is 6.03 Å². The molecule has 2 N–H and O–H groups in total. The number of amides is 4. The minimum absolute atomic E-state index is 0.0506. The Hall–Kier alpha value is -1.67. The van der Waals surface area contributed by atoms with Crippen LogP contribution in [0.15, 0.2) is 0 Å². The summed E-state index contributed by atoms with van der Waals surface area (Å²) < 4.78 is 0. The first-order chi connectivity index (χ1) is 10.5. The fourth-order valence-corrected chi connectivity index (χ4v) is 3.41. The first-order valence-electron chi connectivity index (χ1n) is 7.78. The second kappa shape index (κ2) is 5.85. The Bertz CT molecular complexity index is 475. The topological polar surface area (TPSA) is 93.2 Å². The number of β-amino-alcohol motifs (C(OH)–C–C–N with tert-alkyl or cyclic N) is 1. The number of carbonyl (C=O) groups is 3. The Morgan fingerprint density at radius 3 is 2.59 bits per heavy atom. The molecule has 0 radical (unpaired) electrons. The van der Waals surface area contributed by atoms with Crippen LogP contribution in [0.25, 0.3) is 0 Å². The van der Waals surface area contributed by atoms with Gasteiger partial charge < -0.3 is 20.2 Å². The first-order valence-corrected chi connectivity index (χ1v) is 7.78. The largest absolute Gasteiger partial charge is 0.387 e. The lowest BCUT2D eigenvalue weighted by Crippen LogP contribution is -2.47. The van der Waals surface area contributed by atoms with E-state index < -0.39 is 11.6 Å². The Labute approximate surface area is 129 Å². The average Bonchev–Trinajstić information content (AvgIpc) is 3.17. The molecule has 0 aromatic heterocycles. The third-order valence-electron chi connectivity index (χ3n) is 4.63. The number of imide groups is 1. The number of nitrogens with one attached hydrogen (secondary N) is 1. The minimum atomic E-state index is -0.878. The monoisotopic (exact) mass is 310 g/mol. The molecule has 0 bridgehead atoms. The van der Waals surface area contributed by atoms with E-state index in [0.717, 1.165) is 30.8 Å². The Morgan fingerprint density at radius 2 is 1.95 bits per heavy atom. The fourth-order valence-electron chi connectivity index (χ4n) is 3.41. The maximum Gasteiger partial charge on any atom is 0.325 e. The molecule has 4 amide bonds. The van der Waals surface area contributed by atoms with Crippen LogP contribution in [0, 0.1) is 0 Å². The molecule has 0 aliphatic carbocycles. The molecule has 3 aliphatic rings. The number of aliphatic hydroxyl groups is 1. The van der Waals surface area contributed by atoms with Crippen molar-refractivity contribution in [2.45, 2.75) is 24.9 Å². The average molecular weight is 310 g/mol. The van der Waals surface area contributed by atoms with Gasteiger partial charge in [-0.1, -0.05) is 0 Å². The van der Waals surface area contributed by atoms with Gasteiger partial charge in [-0.25, -0.2) is 4.79 Å². The molecule has 3 saturated heterocycles. The highest BCUT2D eigenvalue weighted by molar-refractivity contribution is 6.04. The van der Waals surface area contributed by atoms with Crippen molar-refractivity contribution in [3.63, 3.8) is 0 Å². The Morgan fingerprint density at radius 1 is 1.23 bits per heavy atom. The van der Waals surface area contributed by atoms with Gasteiger partial charge in [-0.3, -0.25) is 14.5 Å². The smallest absolute Gasteiger partial charge is 0.325 e. The van der Waals surface area contributed by atoms with E-state index in [0.29, 0.717) is 19.5 Å². The quantitative estimate of drug-likeness (QED) is 0.623. The summed E-state index contributed by atoms with van der Waals surface area (Å²) >= 11 is 0. The van der Waals surface area contributed by atoms with E-state index in [4.69, 9.17) is 0 Å². The number of likely N-dealkylation sites (tertiary alicyclic amines) is 2. The summed E-state index contributed by atoms with van der Waals surface area (Å²) in [5, 5.41) is 13.0. The van der Waals surface area contributed by atoms with E-state index in [2.05, 4.69) is 10.2 Å². The number of rotatable bonds is 4. The van der Waals surface area contributed by atoms with Gasteiger partial charge in [0, 0.05) is 13.1 Å². The van der Waals surface area contributed by atoms with Gasteiger partial charge in [0.15, 0.2) is 0 Å². The molecule has 3 heterocycles. The van der Waals surface area contributed by atoms with E-state index in [1.165, 1.54) is 0 Å². The summed E-state index contributed by atoms with van der Waals surface area (Å²) in [7, 11) is 0. The number of hydrogen-bond acceptors (Lipinski definition) is 5. The summed E-state index contributed by atoms with van der Waals surface area (Å²) in [6.07, 6.45) is 2.85. The molecular formula is C14H22N4O4. The molecule has 0 aromatic rings. The van der Waals surface area contributed by atoms with Crippen LogP contribution in [0.1, 0.15) is 19.3 Å². The standard InChI is InChI=1S/C14H22N4O4/c19-11-7-15-13(21)18(11)8-12(20)17-6-3-14(22,10-17)9-16-4-1-2-5-16/h22H,1-10H2,(H,15,21)/t14-/m0/s1. The maximum absolute atomic E-state index is 12.2. The summed E-state index contributed by atoms with van der Waals surface area (Å²) in [5.74, 6) is -0.673. The molecule has 1 atom stereocenters. The normalized spacial score (nSPS) is 29.5. The molecule has 3 aliphatic heterocycles. The number of nitrogens with zero attached hydrogens (tertiary/aromatic N) is 3. The molecule has 0 saturated carbocycles. The lowest BCUT2D eigenvalue weighted by molar-refractivity contribution is -0.136. The van der Waals surface area contributed by atoms with Crippen molar-refractivity contribution >= 4 is 17.8 Å². The van der Waals surface area contributed by atoms with Gasteiger partial charge in [0.05, 0.1) is 18.7 Å². The third-order valence-corrected chi connectivity index (χ3v) is 4.63. The fraction of sp³-hybridized carbons (Fsp3) is 0.786. The highest BCUT2D eigenvalue weighted by Gasteiger charge is 2.41. The first kappa shape index (κ1) is 15.2. The zero-order valence-electron chi connectivity index (χ0n) is 12.6. The zero-order chi connectivity index (χ0) is 15.7. The van der Waals surface area contributed by atoms with Crippen LogP contribution < -0.4 is 5.32 Å². The lowest BCUT2D eigenvalue weighted by Gasteiger charge is -2.28. The zero-order valence-corrected chi connectivity index (χ0v) is 12.6. The van der Waals surface area contributed by atoms with Crippen LogP contribution in [-0.4, -0.2) is 89.1 Å². The molecule has 3 fully saturated rings. The van der Waals surface area contributed by atoms with Crippen LogP contribution in [0.5, 0.6) is 0 Å². The van der Waals surface area contributed by atoms with Crippen molar-refractivity contribution in [1.29, 1.82) is 0 Å². The highest BCUT2D eigenvalue weighted by atomic mass is 16.3. The maximum atomic E-state index is 12.2.